The van der Waals surface area contributed by atoms with Gasteiger partial charge >= 0.3 is 0 Å². The summed E-state index contributed by atoms with van der Waals surface area (Å²) in [5, 5.41) is 2.74. The van der Waals surface area contributed by atoms with Gasteiger partial charge in [0.15, 0.2) is 9.84 Å². The van der Waals surface area contributed by atoms with Crippen LogP contribution in [0.15, 0.2) is 47.4 Å². The standard InChI is InChI=1S/C18H20FNO4S/c1-13-4-9-16(25(2,22)23)12-17(13)18(21)20-10-3-11-24-15-7-5-14(19)6-8-15/h4-9,12H,3,10-11H2,1-2H3,(H,20,21). The predicted octanol–water partition coefficient (Wildman–Crippen LogP) is 2.74. The Balaban J connectivity index is 1.85. The molecule has 0 aliphatic rings. The smallest absolute Gasteiger partial charge is 0.251 e. The van der Waals surface area contributed by atoms with E-state index < -0.39 is 9.84 Å². The number of halogens is 1. The number of sulfone groups is 1. The van der Waals surface area contributed by atoms with Crippen molar-refractivity contribution < 1.29 is 22.3 Å². The fraction of sp³-hybridized carbons (Fsp3) is 0.278. The number of aryl methyl sites for hydroxylation is 1. The van der Waals surface area contributed by atoms with E-state index in [1.165, 1.54) is 36.4 Å². The number of benzene rings is 2. The summed E-state index contributed by atoms with van der Waals surface area (Å²) in [5.41, 5.74) is 1.04. The maximum atomic E-state index is 12.8. The lowest BCUT2D eigenvalue weighted by atomic mass is 10.1. The van der Waals surface area contributed by atoms with Crippen molar-refractivity contribution in [2.45, 2.75) is 18.2 Å². The SMILES string of the molecule is Cc1ccc(S(C)(=O)=O)cc1C(=O)NCCCOc1ccc(F)cc1. The molecule has 0 atom stereocenters. The van der Waals surface area contributed by atoms with Gasteiger partial charge in [-0.3, -0.25) is 4.79 Å². The second kappa shape index (κ2) is 8.11. The summed E-state index contributed by atoms with van der Waals surface area (Å²) in [6.45, 7) is 2.50. The Kier molecular flexibility index (Phi) is 6.14. The lowest BCUT2D eigenvalue weighted by molar-refractivity contribution is 0.0950. The van der Waals surface area contributed by atoms with Crippen LogP contribution in [-0.2, 0) is 9.84 Å². The van der Waals surface area contributed by atoms with Gasteiger partial charge in [0.05, 0.1) is 11.5 Å². The molecule has 0 saturated carbocycles. The largest absolute Gasteiger partial charge is 0.494 e. The van der Waals surface area contributed by atoms with Gasteiger partial charge in [0.1, 0.15) is 11.6 Å². The summed E-state index contributed by atoms with van der Waals surface area (Å²) in [6, 6.07) is 10.2. The number of amides is 1. The van der Waals surface area contributed by atoms with Crippen molar-refractivity contribution in [3.05, 3.63) is 59.4 Å². The number of ether oxygens (including phenoxy) is 1. The quantitative estimate of drug-likeness (QED) is 0.766. The third kappa shape index (κ3) is 5.56. The molecule has 25 heavy (non-hydrogen) atoms. The fourth-order valence-electron chi connectivity index (χ4n) is 2.17. The molecule has 0 bridgehead atoms. The minimum absolute atomic E-state index is 0.114. The Morgan fingerprint density at radius 1 is 1.16 bits per heavy atom. The number of hydrogen-bond donors (Lipinski definition) is 1. The van der Waals surface area contributed by atoms with Crippen LogP contribution >= 0.6 is 0 Å². The van der Waals surface area contributed by atoms with E-state index in [1.807, 2.05) is 0 Å². The van der Waals surface area contributed by atoms with Crippen molar-refractivity contribution in [2.24, 2.45) is 0 Å². The zero-order chi connectivity index (χ0) is 18.4. The number of carbonyl (C=O) groups excluding carboxylic acids is 1. The monoisotopic (exact) mass is 365 g/mol. The summed E-state index contributed by atoms with van der Waals surface area (Å²) in [6.07, 6.45) is 1.67. The van der Waals surface area contributed by atoms with Crippen LogP contribution < -0.4 is 10.1 Å². The highest BCUT2D eigenvalue weighted by molar-refractivity contribution is 7.90. The fourth-order valence-corrected chi connectivity index (χ4v) is 2.81. The molecule has 0 radical (unpaired) electrons. The molecule has 1 amide bonds. The van der Waals surface area contributed by atoms with Crippen molar-refractivity contribution in [1.82, 2.24) is 5.32 Å². The van der Waals surface area contributed by atoms with Gasteiger partial charge in [-0.05, 0) is 55.3 Å². The number of carbonyl (C=O) groups is 1. The molecular weight excluding hydrogens is 345 g/mol. The lowest BCUT2D eigenvalue weighted by Gasteiger charge is -2.10. The van der Waals surface area contributed by atoms with Crippen LogP contribution in [0.5, 0.6) is 5.75 Å². The molecule has 0 aliphatic heterocycles. The van der Waals surface area contributed by atoms with Gasteiger partial charge in [-0.2, -0.15) is 0 Å². The average Bonchev–Trinajstić information content (AvgIpc) is 2.55. The molecule has 0 spiro atoms. The van der Waals surface area contributed by atoms with Crippen LogP contribution in [0.2, 0.25) is 0 Å². The number of hydrogen-bond acceptors (Lipinski definition) is 4. The average molecular weight is 365 g/mol. The molecule has 5 nitrogen and oxygen atoms in total. The van der Waals surface area contributed by atoms with Gasteiger partial charge in [-0.25, -0.2) is 12.8 Å². The Labute approximate surface area is 146 Å². The molecule has 0 aliphatic carbocycles. The minimum Gasteiger partial charge on any atom is -0.494 e. The zero-order valence-electron chi connectivity index (χ0n) is 14.1. The Morgan fingerprint density at radius 2 is 1.84 bits per heavy atom. The molecule has 0 unspecified atom stereocenters. The van der Waals surface area contributed by atoms with Crippen LogP contribution in [0.1, 0.15) is 22.3 Å². The first-order valence-corrected chi connectivity index (χ1v) is 9.64. The molecular formula is C18H20FNO4S. The Hall–Kier alpha value is -2.41. The van der Waals surface area contributed by atoms with E-state index in [-0.39, 0.29) is 16.6 Å². The molecule has 0 aromatic heterocycles. The van der Waals surface area contributed by atoms with Crippen molar-refractivity contribution in [3.63, 3.8) is 0 Å². The third-order valence-electron chi connectivity index (χ3n) is 3.57. The number of rotatable bonds is 7. The van der Waals surface area contributed by atoms with Crippen LogP contribution in [0.4, 0.5) is 4.39 Å². The Bertz CT molecular complexity index is 848. The van der Waals surface area contributed by atoms with Gasteiger partial charge < -0.3 is 10.1 Å². The molecule has 1 N–H and O–H groups in total. The highest BCUT2D eigenvalue weighted by Crippen LogP contribution is 2.15. The molecule has 0 saturated heterocycles. The molecule has 2 rings (SSSR count). The van der Waals surface area contributed by atoms with E-state index >= 15 is 0 Å². The predicted molar refractivity (Wildman–Crippen MR) is 93.1 cm³/mol. The second-order valence-electron chi connectivity index (χ2n) is 5.66. The normalized spacial score (nSPS) is 11.2. The molecule has 134 valence electrons. The maximum absolute atomic E-state index is 12.8. The summed E-state index contributed by atoms with van der Waals surface area (Å²) in [7, 11) is -3.37. The molecule has 0 heterocycles. The van der Waals surface area contributed by atoms with Gasteiger partial charge in [-0.15, -0.1) is 0 Å². The van der Waals surface area contributed by atoms with Crippen LogP contribution in [0, 0.1) is 12.7 Å². The topological polar surface area (TPSA) is 72.5 Å². The molecule has 7 heteroatoms. The lowest BCUT2D eigenvalue weighted by Crippen LogP contribution is -2.26. The van der Waals surface area contributed by atoms with Crippen molar-refractivity contribution in [3.8, 4) is 5.75 Å². The van der Waals surface area contributed by atoms with E-state index in [9.17, 15) is 17.6 Å². The molecule has 2 aromatic carbocycles. The van der Waals surface area contributed by atoms with Gasteiger partial charge in [-0.1, -0.05) is 6.07 Å². The van der Waals surface area contributed by atoms with E-state index in [4.69, 9.17) is 4.74 Å². The van der Waals surface area contributed by atoms with E-state index in [0.717, 1.165) is 6.26 Å². The van der Waals surface area contributed by atoms with Gasteiger partial charge in [0.25, 0.3) is 5.91 Å². The van der Waals surface area contributed by atoms with Crippen molar-refractivity contribution >= 4 is 15.7 Å². The Morgan fingerprint density at radius 3 is 2.48 bits per heavy atom. The van der Waals surface area contributed by atoms with Crippen molar-refractivity contribution in [2.75, 3.05) is 19.4 Å². The van der Waals surface area contributed by atoms with Crippen LogP contribution in [-0.4, -0.2) is 33.7 Å². The summed E-state index contributed by atoms with van der Waals surface area (Å²) in [5.74, 6) is -0.0967. The second-order valence-corrected chi connectivity index (χ2v) is 7.68. The van der Waals surface area contributed by atoms with Crippen LogP contribution in [0.25, 0.3) is 0 Å². The zero-order valence-corrected chi connectivity index (χ0v) is 14.9. The van der Waals surface area contributed by atoms with E-state index in [1.54, 1.807) is 13.0 Å². The van der Waals surface area contributed by atoms with E-state index in [2.05, 4.69) is 5.32 Å². The van der Waals surface area contributed by atoms with Gasteiger partial charge in [0, 0.05) is 18.4 Å². The first-order chi connectivity index (χ1) is 11.8. The summed E-state index contributed by atoms with van der Waals surface area (Å²) >= 11 is 0. The minimum atomic E-state index is -3.37. The first-order valence-electron chi connectivity index (χ1n) is 7.74. The summed E-state index contributed by atoms with van der Waals surface area (Å²) < 4.78 is 41.4. The summed E-state index contributed by atoms with van der Waals surface area (Å²) in [4.78, 5) is 12.3. The van der Waals surface area contributed by atoms with Crippen molar-refractivity contribution in [1.29, 1.82) is 0 Å². The third-order valence-corrected chi connectivity index (χ3v) is 4.68. The number of nitrogens with one attached hydrogen (secondary N) is 1. The highest BCUT2D eigenvalue weighted by Gasteiger charge is 2.14. The maximum Gasteiger partial charge on any atom is 0.251 e. The molecule has 2 aromatic rings. The first kappa shape index (κ1) is 18.9. The highest BCUT2D eigenvalue weighted by atomic mass is 32.2. The van der Waals surface area contributed by atoms with E-state index in [0.29, 0.717) is 36.4 Å². The van der Waals surface area contributed by atoms with Crippen LogP contribution in [0.3, 0.4) is 0 Å². The van der Waals surface area contributed by atoms with Gasteiger partial charge in [0.2, 0.25) is 0 Å². The molecule has 0 fully saturated rings.